The lowest BCUT2D eigenvalue weighted by atomic mass is 10.2. The minimum atomic E-state index is -0.612. The Kier molecular flexibility index (Phi) is 3.26. The van der Waals surface area contributed by atoms with Crippen LogP contribution in [0, 0.1) is 6.92 Å². The maximum absolute atomic E-state index is 11.4. The summed E-state index contributed by atoms with van der Waals surface area (Å²) in [5.74, 6) is -0.656. The van der Waals surface area contributed by atoms with E-state index in [0.717, 1.165) is 5.56 Å². The third kappa shape index (κ3) is 2.37. The SMILES string of the molecule is Cc1ccc(Cl)c(NC2CC(=O)NC2=O)c1Cl. The van der Waals surface area contributed by atoms with Crippen molar-refractivity contribution < 1.29 is 9.59 Å². The van der Waals surface area contributed by atoms with E-state index < -0.39 is 6.04 Å². The number of carbonyl (C=O) groups excluding carboxylic acids is 2. The van der Waals surface area contributed by atoms with Gasteiger partial charge >= 0.3 is 0 Å². The number of anilines is 1. The van der Waals surface area contributed by atoms with Crippen molar-refractivity contribution in [1.82, 2.24) is 5.32 Å². The molecular weight excluding hydrogens is 263 g/mol. The van der Waals surface area contributed by atoms with Crippen LogP contribution in [0.5, 0.6) is 0 Å². The molecule has 0 spiro atoms. The van der Waals surface area contributed by atoms with Crippen molar-refractivity contribution in [3.8, 4) is 0 Å². The Morgan fingerprint density at radius 3 is 2.65 bits per heavy atom. The number of halogens is 2. The lowest BCUT2D eigenvalue weighted by molar-refractivity contribution is -0.124. The molecule has 2 amide bonds. The van der Waals surface area contributed by atoms with Crippen molar-refractivity contribution in [2.24, 2.45) is 0 Å². The summed E-state index contributed by atoms with van der Waals surface area (Å²) in [6.45, 7) is 1.84. The molecule has 6 heteroatoms. The van der Waals surface area contributed by atoms with E-state index in [1.807, 2.05) is 6.92 Å². The van der Waals surface area contributed by atoms with Gasteiger partial charge in [-0.15, -0.1) is 0 Å². The van der Waals surface area contributed by atoms with Crippen LogP contribution in [0.2, 0.25) is 10.0 Å². The van der Waals surface area contributed by atoms with Gasteiger partial charge in [0.15, 0.2) is 0 Å². The molecule has 90 valence electrons. The van der Waals surface area contributed by atoms with Gasteiger partial charge in [0.05, 0.1) is 22.2 Å². The van der Waals surface area contributed by atoms with Gasteiger partial charge in [-0.25, -0.2) is 0 Å². The van der Waals surface area contributed by atoms with Crippen molar-refractivity contribution >= 4 is 40.7 Å². The summed E-state index contributed by atoms with van der Waals surface area (Å²) in [5.41, 5.74) is 1.34. The van der Waals surface area contributed by atoms with Crippen LogP contribution in [0.4, 0.5) is 5.69 Å². The average molecular weight is 273 g/mol. The van der Waals surface area contributed by atoms with Crippen molar-refractivity contribution in [3.05, 3.63) is 27.7 Å². The fourth-order valence-corrected chi connectivity index (χ4v) is 2.11. The molecule has 0 radical (unpaired) electrons. The van der Waals surface area contributed by atoms with E-state index in [-0.39, 0.29) is 18.2 Å². The monoisotopic (exact) mass is 272 g/mol. The topological polar surface area (TPSA) is 58.2 Å². The summed E-state index contributed by atoms with van der Waals surface area (Å²) in [6.07, 6.45) is 0.0967. The first-order valence-electron chi connectivity index (χ1n) is 5.04. The van der Waals surface area contributed by atoms with Gasteiger partial charge < -0.3 is 5.32 Å². The van der Waals surface area contributed by atoms with Crippen LogP contribution in [-0.2, 0) is 9.59 Å². The van der Waals surface area contributed by atoms with Crippen LogP contribution in [0.25, 0.3) is 0 Å². The second-order valence-corrected chi connectivity index (χ2v) is 4.65. The van der Waals surface area contributed by atoms with Crippen molar-refractivity contribution in [3.63, 3.8) is 0 Å². The molecular formula is C11H10Cl2N2O2. The number of carbonyl (C=O) groups is 2. The van der Waals surface area contributed by atoms with Gasteiger partial charge in [-0.1, -0.05) is 29.3 Å². The molecule has 2 rings (SSSR count). The first-order valence-corrected chi connectivity index (χ1v) is 5.79. The largest absolute Gasteiger partial charge is 0.371 e. The van der Waals surface area contributed by atoms with Crippen LogP contribution in [0.15, 0.2) is 12.1 Å². The van der Waals surface area contributed by atoms with E-state index in [1.54, 1.807) is 12.1 Å². The molecule has 0 bridgehead atoms. The van der Waals surface area contributed by atoms with E-state index >= 15 is 0 Å². The molecule has 1 atom stereocenters. The highest BCUT2D eigenvalue weighted by Gasteiger charge is 2.31. The van der Waals surface area contributed by atoms with Crippen LogP contribution >= 0.6 is 23.2 Å². The van der Waals surface area contributed by atoms with E-state index in [0.29, 0.717) is 15.7 Å². The summed E-state index contributed by atoms with van der Waals surface area (Å²) < 4.78 is 0. The minimum Gasteiger partial charge on any atom is -0.371 e. The second kappa shape index (κ2) is 4.55. The number of amides is 2. The minimum absolute atomic E-state index is 0.0967. The standard InChI is InChI=1S/C11H10Cl2N2O2/c1-5-2-3-6(12)10(9(5)13)14-7-4-8(16)15-11(7)17/h2-3,7,14H,4H2,1H3,(H,15,16,17). The molecule has 1 aliphatic heterocycles. The fourth-order valence-electron chi connectivity index (χ4n) is 1.63. The Labute approximate surface area is 108 Å². The molecule has 17 heavy (non-hydrogen) atoms. The number of hydrogen-bond donors (Lipinski definition) is 2. The zero-order valence-corrected chi connectivity index (χ0v) is 10.5. The van der Waals surface area contributed by atoms with E-state index in [4.69, 9.17) is 23.2 Å². The first kappa shape index (κ1) is 12.2. The Balaban J connectivity index is 2.27. The molecule has 1 aromatic rings. The second-order valence-electron chi connectivity index (χ2n) is 3.87. The van der Waals surface area contributed by atoms with Crippen molar-refractivity contribution in [1.29, 1.82) is 0 Å². The summed E-state index contributed by atoms with van der Waals surface area (Å²) >= 11 is 12.1. The van der Waals surface area contributed by atoms with Crippen molar-refractivity contribution in [2.45, 2.75) is 19.4 Å². The quantitative estimate of drug-likeness (QED) is 0.811. The van der Waals surface area contributed by atoms with Gasteiger partial charge in [-0.2, -0.15) is 0 Å². The Morgan fingerprint density at radius 1 is 1.35 bits per heavy atom. The fraction of sp³-hybridized carbons (Fsp3) is 0.273. The smallest absolute Gasteiger partial charge is 0.249 e. The normalized spacial score (nSPS) is 19.4. The van der Waals surface area contributed by atoms with E-state index in [2.05, 4.69) is 10.6 Å². The van der Waals surface area contributed by atoms with Gasteiger partial charge in [-0.3, -0.25) is 14.9 Å². The number of aryl methyl sites for hydroxylation is 1. The van der Waals surface area contributed by atoms with Gasteiger partial charge in [0.1, 0.15) is 6.04 Å². The summed E-state index contributed by atoms with van der Waals surface area (Å²) in [7, 11) is 0. The third-order valence-electron chi connectivity index (χ3n) is 2.57. The number of hydrogen-bond acceptors (Lipinski definition) is 3. The molecule has 2 N–H and O–H groups in total. The molecule has 1 fully saturated rings. The highest BCUT2D eigenvalue weighted by molar-refractivity contribution is 6.39. The Bertz CT molecular complexity index is 502. The number of nitrogens with one attached hydrogen (secondary N) is 2. The maximum atomic E-state index is 11.4. The molecule has 1 aromatic carbocycles. The number of imide groups is 1. The zero-order valence-electron chi connectivity index (χ0n) is 9.01. The third-order valence-corrected chi connectivity index (χ3v) is 3.37. The zero-order chi connectivity index (χ0) is 12.6. The average Bonchev–Trinajstić information content (AvgIpc) is 2.58. The number of rotatable bonds is 2. The van der Waals surface area contributed by atoms with Crippen LogP contribution in [-0.4, -0.2) is 17.9 Å². The molecule has 0 aliphatic carbocycles. The highest BCUT2D eigenvalue weighted by atomic mass is 35.5. The van der Waals surface area contributed by atoms with Gasteiger partial charge in [0, 0.05) is 0 Å². The van der Waals surface area contributed by atoms with Gasteiger partial charge in [0.25, 0.3) is 0 Å². The van der Waals surface area contributed by atoms with Crippen molar-refractivity contribution in [2.75, 3.05) is 5.32 Å². The summed E-state index contributed by atoms with van der Waals surface area (Å²) in [5, 5.41) is 6.00. The molecule has 1 saturated heterocycles. The Hall–Kier alpha value is -1.26. The maximum Gasteiger partial charge on any atom is 0.249 e. The Morgan fingerprint density at radius 2 is 2.06 bits per heavy atom. The highest BCUT2D eigenvalue weighted by Crippen LogP contribution is 2.33. The van der Waals surface area contributed by atoms with Crippen LogP contribution in [0.3, 0.4) is 0 Å². The molecule has 0 aromatic heterocycles. The molecule has 1 aliphatic rings. The summed E-state index contributed by atoms with van der Waals surface area (Å²) in [6, 6.07) is 2.87. The molecule has 1 unspecified atom stereocenters. The predicted octanol–water partition coefficient (Wildman–Crippen LogP) is 2.13. The van der Waals surface area contributed by atoms with E-state index in [1.165, 1.54) is 0 Å². The van der Waals surface area contributed by atoms with Crippen LogP contribution < -0.4 is 10.6 Å². The predicted molar refractivity (Wildman–Crippen MR) is 66.4 cm³/mol. The molecule has 4 nitrogen and oxygen atoms in total. The molecule has 1 heterocycles. The number of benzene rings is 1. The summed E-state index contributed by atoms with van der Waals surface area (Å²) in [4.78, 5) is 22.5. The van der Waals surface area contributed by atoms with Gasteiger partial charge in [0.2, 0.25) is 11.8 Å². The van der Waals surface area contributed by atoms with Crippen LogP contribution in [0.1, 0.15) is 12.0 Å². The lowest BCUT2D eigenvalue weighted by Crippen LogP contribution is -2.30. The lowest BCUT2D eigenvalue weighted by Gasteiger charge is -2.15. The molecule has 0 saturated carbocycles. The van der Waals surface area contributed by atoms with Gasteiger partial charge in [-0.05, 0) is 18.6 Å². The first-order chi connectivity index (χ1) is 7.99. The van der Waals surface area contributed by atoms with E-state index in [9.17, 15) is 9.59 Å².